The number of allylic oxidation sites excluding steroid dienone is 1. The third-order valence-electron chi connectivity index (χ3n) is 2.27. The maximum absolute atomic E-state index is 12.9. The maximum Gasteiger partial charge on any atom is 0.132 e. The number of rotatable bonds is 1. The van der Waals surface area contributed by atoms with Crippen LogP contribution in [0.5, 0.6) is 0 Å². The van der Waals surface area contributed by atoms with Crippen LogP contribution >= 0.6 is 0 Å². The summed E-state index contributed by atoms with van der Waals surface area (Å²) in [4.78, 5) is 0. The first-order valence-corrected chi connectivity index (χ1v) is 4.16. The lowest BCUT2D eigenvalue weighted by Gasteiger charge is -2.19. The summed E-state index contributed by atoms with van der Waals surface area (Å²) >= 11 is 0. The van der Waals surface area contributed by atoms with E-state index in [0.29, 0.717) is 0 Å². The fourth-order valence-electron chi connectivity index (χ4n) is 1.61. The minimum Gasteiger partial charge on any atom is -0.213 e. The average Bonchev–Trinajstić information content (AvgIpc) is 2.05. The van der Waals surface area contributed by atoms with Crippen LogP contribution in [0, 0.1) is 5.92 Å². The highest BCUT2D eigenvalue weighted by Crippen LogP contribution is 2.29. The van der Waals surface area contributed by atoms with E-state index < -0.39 is 0 Å². The van der Waals surface area contributed by atoms with Crippen LogP contribution in [0.2, 0.25) is 0 Å². The van der Waals surface area contributed by atoms with E-state index in [1.165, 1.54) is 19.3 Å². The summed E-state index contributed by atoms with van der Waals surface area (Å²) in [5.41, 5.74) is 0. The van der Waals surface area contributed by atoms with Crippen LogP contribution in [0.15, 0.2) is 11.8 Å². The van der Waals surface area contributed by atoms with Gasteiger partial charge in [0.1, 0.15) is 7.85 Å². The zero-order valence-electron chi connectivity index (χ0n) is 6.57. The average molecular weight is 140 g/mol. The van der Waals surface area contributed by atoms with Crippen molar-refractivity contribution in [3.63, 3.8) is 0 Å². The third kappa shape index (κ3) is 1.86. The number of hydrogen-bond donors (Lipinski definition) is 0. The van der Waals surface area contributed by atoms with Gasteiger partial charge in [0.15, 0.2) is 0 Å². The molecular weight excluding hydrogens is 126 g/mol. The lowest BCUT2D eigenvalue weighted by Crippen LogP contribution is -2.06. The van der Waals surface area contributed by atoms with Crippen molar-refractivity contribution in [3.8, 4) is 0 Å². The van der Waals surface area contributed by atoms with E-state index in [1.807, 2.05) is 0 Å². The molecule has 0 bridgehead atoms. The second kappa shape index (κ2) is 3.79. The van der Waals surface area contributed by atoms with E-state index in [4.69, 9.17) is 0 Å². The van der Waals surface area contributed by atoms with Crippen molar-refractivity contribution in [2.45, 2.75) is 32.1 Å². The molecule has 0 aliphatic heterocycles. The molecular formula is C8H14BF. The van der Waals surface area contributed by atoms with Gasteiger partial charge in [-0.25, -0.2) is 4.39 Å². The molecule has 0 aromatic rings. The minimum absolute atomic E-state index is 0.111. The van der Waals surface area contributed by atoms with Gasteiger partial charge in [0.2, 0.25) is 0 Å². The molecule has 0 amide bonds. The Kier molecular flexibility index (Phi) is 2.97. The quantitative estimate of drug-likeness (QED) is 0.488. The van der Waals surface area contributed by atoms with Crippen LogP contribution in [-0.2, 0) is 0 Å². The number of halogens is 1. The van der Waals surface area contributed by atoms with E-state index in [0.717, 1.165) is 12.8 Å². The molecule has 1 saturated carbocycles. The lowest BCUT2D eigenvalue weighted by atomic mass is 9.87. The monoisotopic (exact) mass is 140 g/mol. The SMILES string of the molecule is B/C=C(\F)C1CCCCC1. The molecule has 1 aliphatic carbocycles. The predicted octanol–water partition coefficient (Wildman–Crippen LogP) is 2.01. The Hall–Kier alpha value is -0.265. The topological polar surface area (TPSA) is 0 Å². The molecule has 1 fully saturated rings. The summed E-state index contributed by atoms with van der Waals surface area (Å²) in [5, 5.41) is 0. The van der Waals surface area contributed by atoms with E-state index >= 15 is 0 Å². The Labute approximate surface area is 62.9 Å². The van der Waals surface area contributed by atoms with Crippen molar-refractivity contribution in [2.24, 2.45) is 5.92 Å². The molecule has 1 aliphatic rings. The Morgan fingerprint density at radius 1 is 1.30 bits per heavy atom. The van der Waals surface area contributed by atoms with Crippen LogP contribution in [0.4, 0.5) is 4.39 Å². The van der Waals surface area contributed by atoms with E-state index in [-0.39, 0.29) is 11.7 Å². The first-order valence-electron chi connectivity index (χ1n) is 4.16. The standard InChI is InChI=1S/C8H14BF/c9-6-8(10)7-4-2-1-3-5-7/h6-7H,1-5,9H2/b8-6-. The van der Waals surface area contributed by atoms with Crippen molar-refractivity contribution < 1.29 is 4.39 Å². The molecule has 0 aromatic heterocycles. The third-order valence-corrected chi connectivity index (χ3v) is 2.27. The van der Waals surface area contributed by atoms with Crippen molar-refractivity contribution in [1.29, 1.82) is 0 Å². The highest BCUT2D eigenvalue weighted by Gasteiger charge is 2.16. The highest BCUT2D eigenvalue weighted by molar-refractivity contribution is 6.17. The molecule has 10 heavy (non-hydrogen) atoms. The Morgan fingerprint density at radius 3 is 2.40 bits per heavy atom. The van der Waals surface area contributed by atoms with Gasteiger partial charge in [-0.3, -0.25) is 0 Å². The van der Waals surface area contributed by atoms with Crippen molar-refractivity contribution >= 4 is 7.85 Å². The molecule has 0 nitrogen and oxygen atoms in total. The summed E-state index contributed by atoms with van der Waals surface area (Å²) in [6.45, 7) is 0. The number of hydrogen-bond acceptors (Lipinski definition) is 0. The van der Waals surface area contributed by atoms with Crippen LogP contribution in [-0.4, -0.2) is 7.85 Å². The second-order valence-electron chi connectivity index (χ2n) is 3.01. The van der Waals surface area contributed by atoms with Gasteiger partial charge in [0, 0.05) is 5.92 Å². The summed E-state index contributed by atoms with van der Waals surface area (Å²) in [5.74, 6) is 1.98. The highest BCUT2D eigenvalue weighted by atomic mass is 19.1. The summed E-state index contributed by atoms with van der Waals surface area (Å²) in [6, 6.07) is 0. The Morgan fingerprint density at radius 2 is 1.90 bits per heavy atom. The fraction of sp³-hybridized carbons (Fsp3) is 0.750. The first-order chi connectivity index (χ1) is 4.84. The van der Waals surface area contributed by atoms with Gasteiger partial charge in [-0.15, -0.1) is 0 Å². The second-order valence-corrected chi connectivity index (χ2v) is 3.01. The van der Waals surface area contributed by atoms with Gasteiger partial charge in [-0.1, -0.05) is 25.2 Å². The fourth-order valence-corrected chi connectivity index (χ4v) is 1.61. The molecule has 0 spiro atoms. The van der Waals surface area contributed by atoms with Gasteiger partial charge in [-0.05, 0) is 12.8 Å². The Balaban J connectivity index is 2.39. The normalized spacial score (nSPS) is 23.1. The van der Waals surface area contributed by atoms with Crippen molar-refractivity contribution in [2.75, 3.05) is 0 Å². The van der Waals surface area contributed by atoms with Crippen molar-refractivity contribution in [3.05, 3.63) is 11.8 Å². The molecule has 0 atom stereocenters. The summed E-state index contributed by atoms with van der Waals surface area (Å²) in [6.07, 6.45) is 5.86. The van der Waals surface area contributed by atoms with Crippen LogP contribution in [0.3, 0.4) is 0 Å². The molecule has 0 radical (unpaired) electrons. The zero-order chi connectivity index (χ0) is 7.40. The molecule has 0 unspecified atom stereocenters. The summed E-state index contributed by atoms with van der Waals surface area (Å²) in [7, 11) is 1.78. The van der Waals surface area contributed by atoms with Crippen LogP contribution < -0.4 is 0 Å². The molecule has 0 N–H and O–H groups in total. The van der Waals surface area contributed by atoms with E-state index in [9.17, 15) is 4.39 Å². The van der Waals surface area contributed by atoms with E-state index in [1.54, 1.807) is 13.8 Å². The van der Waals surface area contributed by atoms with Crippen molar-refractivity contribution in [1.82, 2.24) is 0 Å². The molecule has 1 rings (SSSR count). The Bertz CT molecular complexity index is 125. The lowest BCUT2D eigenvalue weighted by molar-refractivity contribution is 0.349. The predicted molar refractivity (Wildman–Crippen MR) is 44.3 cm³/mol. The van der Waals surface area contributed by atoms with Crippen LogP contribution in [0.1, 0.15) is 32.1 Å². The van der Waals surface area contributed by atoms with Gasteiger partial charge >= 0.3 is 0 Å². The van der Waals surface area contributed by atoms with Gasteiger partial charge in [-0.2, -0.15) is 0 Å². The van der Waals surface area contributed by atoms with Gasteiger partial charge < -0.3 is 0 Å². The minimum atomic E-state index is 0.111. The smallest absolute Gasteiger partial charge is 0.132 e. The first kappa shape index (κ1) is 7.84. The summed E-state index contributed by atoms with van der Waals surface area (Å²) < 4.78 is 12.9. The molecule has 0 aromatic carbocycles. The molecule has 2 heteroatoms. The van der Waals surface area contributed by atoms with E-state index in [2.05, 4.69) is 0 Å². The molecule has 0 heterocycles. The van der Waals surface area contributed by atoms with Gasteiger partial charge in [0.05, 0.1) is 5.83 Å². The molecule has 56 valence electrons. The molecule has 0 saturated heterocycles. The zero-order valence-corrected chi connectivity index (χ0v) is 6.57. The maximum atomic E-state index is 12.9. The largest absolute Gasteiger partial charge is 0.213 e. The van der Waals surface area contributed by atoms with Crippen LogP contribution in [0.25, 0.3) is 0 Å². The van der Waals surface area contributed by atoms with Gasteiger partial charge in [0.25, 0.3) is 0 Å².